The first-order chi connectivity index (χ1) is 10.2. The van der Waals surface area contributed by atoms with Gasteiger partial charge in [0, 0.05) is 24.2 Å². The van der Waals surface area contributed by atoms with Crippen LogP contribution in [0.4, 0.5) is 0 Å². The van der Waals surface area contributed by atoms with E-state index in [1.165, 1.54) is 24.8 Å². The highest BCUT2D eigenvalue weighted by Gasteiger charge is 2.35. The number of methoxy groups -OCH3 is 2. The van der Waals surface area contributed by atoms with Crippen LogP contribution in [0.3, 0.4) is 0 Å². The molecule has 2 aliphatic rings. The second kappa shape index (κ2) is 6.24. The number of benzene rings is 1. The van der Waals surface area contributed by atoms with E-state index in [-0.39, 0.29) is 0 Å². The van der Waals surface area contributed by atoms with Gasteiger partial charge >= 0.3 is 0 Å². The number of ether oxygens (including phenoxy) is 2. The smallest absolute Gasteiger partial charge is 0.123 e. The molecule has 0 aromatic heterocycles. The molecule has 1 aromatic rings. The van der Waals surface area contributed by atoms with Gasteiger partial charge in [-0.15, -0.1) is 0 Å². The second-order valence-electron chi connectivity index (χ2n) is 6.26. The molecule has 1 saturated carbocycles. The van der Waals surface area contributed by atoms with E-state index in [2.05, 4.69) is 23.3 Å². The standard InChI is InChI=1S/C17H26N2O2/c1-19-9-8-12(11-18-13-4-5-13)17(19)15-10-14(20-2)6-7-16(15)21-3/h6-7,10,12-13,17-18H,4-5,8-9,11H2,1-3H3. The minimum atomic E-state index is 0.404. The summed E-state index contributed by atoms with van der Waals surface area (Å²) in [7, 11) is 5.68. The summed E-state index contributed by atoms with van der Waals surface area (Å²) in [4.78, 5) is 2.44. The van der Waals surface area contributed by atoms with E-state index < -0.39 is 0 Å². The lowest BCUT2D eigenvalue weighted by atomic mass is 9.92. The van der Waals surface area contributed by atoms with E-state index in [1.54, 1.807) is 14.2 Å². The summed E-state index contributed by atoms with van der Waals surface area (Å²) in [6.45, 7) is 2.24. The number of hydrogen-bond donors (Lipinski definition) is 1. The lowest BCUT2D eigenvalue weighted by Gasteiger charge is -2.27. The SMILES string of the molecule is COc1ccc(OC)c(C2C(CNC3CC3)CCN2C)c1. The maximum Gasteiger partial charge on any atom is 0.123 e. The van der Waals surface area contributed by atoms with Gasteiger partial charge in [0.25, 0.3) is 0 Å². The minimum Gasteiger partial charge on any atom is -0.497 e. The van der Waals surface area contributed by atoms with Crippen molar-refractivity contribution < 1.29 is 9.47 Å². The van der Waals surface area contributed by atoms with Crippen LogP contribution >= 0.6 is 0 Å². The van der Waals surface area contributed by atoms with Crippen LogP contribution in [0.1, 0.15) is 30.9 Å². The Morgan fingerprint density at radius 2 is 2.00 bits per heavy atom. The molecule has 1 aromatic carbocycles. The van der Waals surface area contributed by atoms with Gasteiger partial charge in [-0.2, -0.15) is 0 Å². The van der Waals surface area contributed by atoms with Crippen molar-refractivity contribution in [3.8, 4) is 11.5 Å². The quantitative estimate of drug-likeness (QED) is 0.872. The molecule has 3 rings (SSSR count). The highest BCUT2D eigenvalue weighted by atomic mass is 16.5. The highest BCUT2D eigenvalue weighted by Crippen LogP contribution is 2.41. The van der Waals surface area contributed by atoms with E-state index in [4.69, 9.17) is 9.47 Å². The molecule has 2 fully saturated rings. The Bertz CT molecular complexity index is 488. The van der Waals surface area contributed by atoms with E-state index >= 15 is 0 Å². The van der Waals surface area contributed by atoms with Crippen molar-refractivity contribution in [2.24, 2.45) is 5.92 Å². The predicted octanol–water partition coefficient (Wildman–Crippen LogP) is 2.45. The van der Waals surface area contributed by atoms with Gasteiger partial charge in [0.15, 0.2) is 0 Å². The topological polar surface area (TPSA) is 33.7 Å². The van der Waals surface area contributed by atoms with Gasteiger partial charge in [-0.3, -0.25) is 4.90 Å². The lowest BCUT2D eigenvalue weighted by molar-refractivity contribution is 0.262. The molecule has 0 spiro atoms. The highest BCUT2D eigenvalue weighted by molar-refractivity contribution is 5.43. The van der Waals surface area contributed by atoms with Crippen molar-refractivity contribution in [3.05, 3.63) is 23.8 Å². The third-order valence-corrected chi connectivity index (χ3v) is 4.78. The van der Waals surface area contributed by atoms with Crippen LogP contribution in [-0.4, -0.2) is 45.3 Å². The Morgan fingerprint density at radius 3 is 2.67 bits per heavy atom. The number of likely N-dealkylation sites (tertiary alicyclic amines) is 1. The van der Waals surface area contributed by atoms with Crippen LogP contribution in [0.25, 0.3) is 0 Å². The predicted molar refractivity (Wildman–Crippen MR) is 84.0 cm³/mol. The zero-order chi connectivity index (χ0) is 14.8. The molecule has 116 valence electrons. The average Bonchev–Trinajstić information content (AvgIpc) is 3.27. The van der Waals surface area contributed by atoms with Gasteiger partial charge in [0.05, 0.1) is 14.2 Å². The summed E-state index contributed by atoms with van der Waals surface area (Å²) in [5.41, 5.74) is 1.25. The van der Waals surface area contributed by atoms with Crippen LogP contribution < -0.4 is 14.8 Å². The van der Waals surface area contributed by atoms with Crippen molar-refractivity contribution in [2.75, 3.05) is 34.4 Å². The fourth-order valence-corrected chi connectivity index (χ4v) is 3.41. The fourth-order valence-electron chi connectivity index (χ4n) is 3.41. The van der Waals surface area contributed by atoms with Crippen molar-refractivity contribution in [2.45, 2.75) is 31.3 Å². The first kappa shape index (κ1) is 14.7. The summed E-state index contributed by atoms with van der Waals surface area (Å²) >= 11 is 0. The van der Waals surface area contributed by atoms with Gasteiger partial charge in [-0.25, -0.2) is 0 Å². The average molecular weight is 290 g/mol. The molecule has 1 N–H and O–H groups in total. The number of rotatable bonds is 6. The summed E-state index contributed by atoms with van der Waals surface area (Å²) in [6, 6.07) is 7.29. The lowest BCUT2D eigenvalue weighted by Crippen LogP contribution is -2.29. The largest absolute Gasteiger partial charge is 0.497 e. The second-order valence-corrected chi connectivity index (χ2v) is 6.26. The Hall–Kier alpha value is -1.26. The molecule has 4 heteroatoms. The monoisotopic (exact) mass is 290 g/mol. The molecule has 0 bridgehead atoms. The van der Waals surface area contributed by atoms with Crippen molar-refractivity contribution in [1.29, 1.82) is 0 Å². The van der Waals surface area contributed by atoms with E-state index in [9.17, 15) is 0 Å². The van der Waals surface area contributed by atoms with Crippen LogP contribution in [0.2, 0.25) is 0 Å². The third kappa shape index (κ3) is 3.16. The maximum atomic E-state index is 5.59. The van der Waals surface area contributed by atoms with Gasteiger partial charge in [-0.1, -0.05) is 0 Å². The minimum absolute atomic E-state index is 0.404. The third-order valence-electron chi connectivity index (χ3n) is 4.78. The molecule has 2 unspecified atom stereocenters. The Labute approximate surface area is 127 Å². The van der Waals surface area contributed by atoms with E-state index in [0.717, 1.165) is 30.6 Å². The molecular formula is C17H26N2O2. The number of nitrogens with one attached hydrogen (secondary N) is 1. The van der Waals surface area contributed by atoms with Gasteiger partial charge in [0.2, 0.25) is 0 Å². The van der Waals surface area contributed by atoms with Crippen LogP contribution in [0, 0.1) is 5.92 Å². The fraction of sp³-hybridized carbons (Fsp3) is 0.647. The summed E-state index contributed by atoms with van der Waals surface area (Å²) in [5.74, 6) is 2.50. The van der Waals surface area contributed by atoms with Crippen LogP contribution in [0.15, 0.2) is 18.2 Å². The van der Waals surface area contributed by atoms with Crippen molar-refractivity contribution >= 4 is 0 Å². The van der Waals surface area contributed by atoms with Gasteiger partial charge in [-0.05, 0) is 57.0 Å². The summed E-state index contributed by atoms with van der Waals surface area (Å²) < 4.78 is 11.0. The molecule has 0 amide bonds. The van der Waals surface area contributed by atoms with Crippen molar-refractivity contribution in [1.82, 2.24) is 10.2 Å². The molecule has 1 heterocycles. The summed E-state index contributed by atoms with van der Waals surface area (Å²) in [5, 5.41) is 3.69. The number of nitrogens with zero attached hydrogens (tertiary/aromatic N) is 1. The normalized spacial score (nSPS) is 26.0. The van der Waals surface area contributed by atoms with Gasteiger partial charge in [0.1, 0.15) is 11.5 Å². The molecule has 1 saturated heterocycles. The first-order valence-electron chi connectivity index (χ1n) is 7.88. The Balaban J connectivity index is 1.83. The zero-order valence-electron chi connectivity index (χ0n) is 13.3. The van der Waals surface area contributed by atoms with Crippen LogP contribution in [0.5, 0.6) is 11.5 Å². The first-order valence-corrected chi connectivity index (χ1v) is 7.88. The Kier molecular flexibility index (Phi) is 4.36. The zero-order valence-corrected chi connectivity index (χ0v) is 13.3. The van der Waals surface area contributed by atoms with Crippen LogP contribution in [-0.2, 0) is 0 Å². The molecule has 1 aliphatic carbocycles. The van der Waals surface area contributed by atoms with E-state index in [0.29, 0.717) is 12.0 Å². The van der Waals surface area contributed by atoms with Crippen molar-refractivity contribution in [3.63, 3.8) is 0 Å². The molecule has 21 heavy (non-hydrogen) atoms. The summed E-state index contributed by atoms with van der Waals surface area (Å²) in [6.07, 6.45) is 3.92. The molecule has 0 radical (unpaired) electrons. The molecular weight excluding hydrogens is 264 g/mol. The van der Waals surface area contributed by atoms with E-state index in [1.807, 2.05) is 12.1 Å². The Morgan fingerprint density at radius 1 is 1.19 bits per heavy atom. The van der Waals surface area contributed by atoms with Gasteiger partial charge < -0.3 is 14.8 Å². The maximum absolute atomic E-state index is 5.59. The molecule has 2 atom stereocenters. The number of hydrogen-bond acceptors (Lipinski definition) is 4. The molecule has 1 aliphatic heterocycles. The molecule has 4 nitrogen and oxygen atoms in total.